The Labute approximate surface area is 111 Å². The molecule has 0 aliphatic carbocycles. The van der Waals surface area contributed by atoms with Crippen LogP contribution in [0.2, 0.25) is 0 Å². The van der Waals surface area contributed by atoms with Gasteiger partial charge in [0.2, 0.25) is 0 Å². The van der Waals surface area contributed by atoms with Crippen molar-refractivity contribution in [2.45, 2.75) is 33.2 Å². The van der Waals surface area contributed by atoms with Crippen LogP contribution in [0.25, 0.3) is 0 Å². The zero-order valence-corrected chi connectivity index (χ0v) is 11.7. The average Bonchev–Trinajstić information content (AvgIpc) is 2.77. The summed E-state index contributed by atoms with van der Waals surface area (Å²) in [6, 6.07) is 6.30. The molecule has 1 fully saturated rings. The van der Waals surface area contributed by atoms with Crippen molar-refractivity contribution < 1.29 is 0 Å². The van der Waals surface area contributed by atoms with Crippen molar-refractivity contribution >= 4 is 0 Å². The molecule has 3 heteroatoms. The van der Waals surface area contributed by atoms with Crippen molar-refractivity contribution in [3.63, 3.8) is 0 Å². The summed E-state index contributed by atoms with van der Waals surface area (Å²) >= 11 is 0. The molecule has 18 heavy (non-hydrogen) atoms. The predicted octanol–water partition coefficient (Wildman–Crippen LogP) is 2.21. The Hall–Kier alpha value is -0.930. The van der Waals surface area contributed by atoms with Gasteiger partial charge in [-0.3, -0.25) is 9.88 Å². The number of rotatable bonds is 6. The highest BCUT2D eigenvalue weighted by Gasteiger charge is 2.22. The maximum atomic E-state index is 4.58. The van der Waals surface area contributed by atoms with E-state index in [0.29, 0.717) is 0 Å². The molecule has 0 amide bonds. The third-order valence-corrected chi connectivity index (χ3v) is 3.56. The van der Waals surface area contributed by atoms with E-state index in [1.165, 1.54) is 38.2 Å². The summed E-state index contributed by atoms with van der Waals surface area (Å²) in [5.74, 6) is 0.821. The SMILES string of the molecule is CCCNCC1CCN(Cc2cccc(C)n2)C1. The van der Waals surface area contributed by atoms with Gasteiger partial charge in [0.05, 0.1) is 5.69 Å². The molecule has 1 aliphatic heterocycles. The monoisotopic (exact) mass is 247 g/mol. The topological polar surface area (TPSA) is 28.2 Å². The molecule has 1 aromatic heterocycles. The first-order valence-corrected chi connectivity index (χ1v) is 7.13. The van der Waals surface area contributed by atoms with Crippen molar-refractivity contribution in [3.8, 4) is 0 Å². The zero-order chi connectivity index (χ0) is 12.8. The Morgan fingerprint density at radius 1 is 1.44 bits per heavy atom. The highest BCUT2D eigenvalue weighted by Crippen LogP contribution is 2.17. The van der Waals surface area contributed by atoms with Gasteiger partial charge in [0.25, 0.3) is 0 Å². The Morgan fingerprint density at radius 3 is 3.11 bits per heavy atom. The summed E-state index contributed by atoms with van der Waals surface area (Å²) in [6.07, 6.45) is 2.55. The van der Waals surface area contributed by atoms with Gasteiger partial charge in [-0.25, -0.2) is 0 Å². The van der Waals surface area contributed by atoms with E-state index in [-0.39, 0.29) is 0 Å². The molecule has 1 unspecified atom stereocenters. The number of aryl methyl sites for hydroxylation is 1. The highest BCUT2D eigenvalue weighted by atomic mass is 15.2. The molecule has 2 heterocycles. The average molecular weight is 247 g/mol. The number of nitrogens with one attached hydrogen (secondary N) is 1. The summed E-state index contributed by atoms with van der Waals surface area (Å²) < 4.78 is 0. The van der Waals surface area contributed by atoms with Gasteiger partial charge < -0.3 is 5.32 Å². The lowest BCUT2D eigenvalue weighted by molar-refractivity contribution is 0.310. The molecule has 1 aliphatic rings. The second-order valence-corrected chi connectivity index (χ2v) is 5.36. The third-order valence-electron chi connectivity index (χ3n) is 3.56. The first kappa shape index (κ1) is 13.5. The molecular weight excluding hydrogens is 222 g/mol. The molecule has 1 atom stereocenters. The van der Waals surface area contributed by atoms with Crippen LogP contribution < -0.4 is 5.32 Å². The van der Waals surface area contributed by atoms with Crippen LogP contribution in [0.15, 0.2) is 18.2 Å². The molecule has 0 saturated carbocycles. The van der Waals surface area contributed by atoms with E-state index < -0.39 is 0 Å². The Morgan fingerprint density at radius 2 is 2.33 bits per heavy atom. The van der Waals surface area contributed by atoms with Gasteiger partial charge in [-0.15, -0.1) is 0 Å². The van der Waals surface area contributed by atoms with Crippen LogP contribution in [0.1, 0.15) is 31.2 Å². The van der Waals surface area contributed by atoms with E-state index in [1.54, 1.807) is 0 Å². The lowest BCUT2D eigenvalue weighted by Gasteiger charge is -2.16. The second-order valence-electron chi connectivity index (χ2n) is 5.36. The molecule has 0 radical (unpaired) electrons. The van der Waals surface area contributed by atoms with Crippen LogP contribution in [-0.2, 0) is 6.54 Å². The maximum Gasteiger partial charge on any atom is 0.0547 e. The standard InChI is InChI=1S/C15H25N3/c1-3-8-16-10-14-7-9-18(11-14)12-15-6-4-5-13(2)17-15/h4-6,14,16H,3,7-12H2,1-2H3. The number of hydrogen-bond acceptors (Lipinski definition) is 3. The summed E-state index contributed by atoms with van der Waals surface area (Å²) in [4.78, 5) is 7.11. The number of aromatic nitrogens is 1. The van der Waals surface area contributed by atoms with Crippen LogP contribution in [0, 0.1) is 12.8 Å². The molecule has 3 nitrogen and oxygen atoms in total. The van der Waals surface area contributed by atoms with Crippen LogP contribution >= 0.6 is 0 Å². The largest absolute Gasteiger partial charge is 0.316 e. The molecule has 2 rings (SSSR count). The van der Waals surface area contributed by atoms with E-state index in [0.717, 1.165) is 24.7 Å². The second kappa shape index (κ2) is 6.86. The van der Waals surface area contributed by atoms with Crippen LogP contribution in [0.5, 0.6) is 0 Å². The van der Waals surface area contributed by atoms with Crippen molar-refractivity contribution in [2.24, 2.45) is 5.92 Å². The van der Waals surface area contributed by atoms with E-state index in [2.05, 4.69) is 47.2 Å². The molecule has 1 aromatic rings. The van der Waals surface area contributed by atoms with Gasteiger partial charge in [-0.2, -0.15) is 0 Å². The van der Waals surface area contributed by atoms with Gasteiger partial charge in [0.15, 0.2) is 0 Å². The van der Waals surface area contributed by atoms with Gasteiger partial charge in [0, 0.05) is 18.8 Å². The van der Waals surface area contributed by atoms with E-state index >= 15 is 0 Å². The van der Waals surface area contributed by atoms with Gasteiger partial charge >= 0.3 is 0 Å². The van der Waals surface area contributed by atoms with E-state index in [4.69, 9.17) is 0 Å². The zero-order valence-electron chi connectivity index (χ0n) is 11.7. The smallest absolute Gasteiger partial charge is 0.0547 e. The van der Waals surface area contributed by atoms with Crippen molar-refractivity contribution in [3.05, 3.63) is 29.6 Å². The van der Waals surface area contributed by atoms with Crippen molar-refractivity contribution in [1.82, 2.24) is 15.2 Å². The van der Waals surface area contributed by atoms with Crippen LogP contribution in [-0.4, -0.2) is 36.1 Å². The fraction of sp³-hybridized carbons (Fsp3) is 0.667. The summed E-state index contributed by atoms with van der Waals surface area (Å²) in [5.41, 5.74) is 2.32. The van der Waals surface area contributed by atoms with Crippen molar-refractivity contribution in [1.29, 1.82) is 0 Å². The number of hydrogen-bond donors (Lipinski definition) is 1. The first-order chi connectivity index (χ1) is 8.78. The fourth-order valence-corrected chi connectivity index (χ4v) is 2.62. The number of pyridine rings is 1. The van der Waals surface area contributed by atoms with E-state index in [9.17, 15) is 0 Å². The summed E-state index contributed by atoms with van der Waals surface area (Å²) in [5, 5.41) is 3.53. The normalized spacial score (nSPS) is 20.4. The lowest BCUT2D eigenvalue weighted by atomic mass is 10.1. The Bertz CT molecular complexity index is 365. The van der Waals surface area contributed by atoms with Crippen LogP contribution in [0.4, 0.5) is 0 Å². The van der Waals surface area contributed by atoms with Crippen LogP contribution in [0.3, 0.4) is 0 Å². The van der Waals surface area contributed by atoms with E-state index in [1.807, 2.05) is 0 Å². The maximum absolute atomic E-state index is 4.58. The molecule has 1 saturated heterocycles. The van der Waals surface area contributed by atoms with Gasteiger partial charge in [-0.1, -0.05) is 13.0 Å². The lowest BCUT2D eigenvalue weighted by Crippen LogP contribution is -2.27. The van der Waals surface area contributed by atoms with Gasteiger partial charge in [-0.05, 0) is 57.5 Å². The minimum absolute atomic E-state index is 0.821. The van der Waals surface area contributed by atoms with Crippen molar-refractivity contribution in [2.75, 3.05) is 26.2 Å². The minimum atomic E-state index is 0.821. The molecular formula is C15H25N3. The molecule has 1 N–H and O–H groups in total. The molecule has 0 spiro atoms. The number of likely N-dealkylation sites (tertiary alicyclic amines) is 1. The quantitative estimate of drug-likeness (QED) is 0.781. The molecule has 0 bridgehead atoms. The summed E-state index contributed by atoms with van der Waals surface area (Å²) in [7, 11) is 0. The highest BCUT2D eigenvalue weighted by molar-refractivity contribution is 5.10. The Balaban J connectivity index is 1.75. The predicted molar refractivity (Wildman–Crippen MR) is 75.5 cm³/mol. The molecule has 100 valence electrons. The molecule has 0 aromatic carbocycles. The number of nitrogens with zero attached hydrogens (tertiary/aromatic N) is 2. The summed E-state index contributed by atoms with van der Waals surface area (Å²) in [6.45, 7) is 10.0. The minimum Gasteiger partial charge on any atom is -0.316 e. The fourth-order valence-electron chi connectivity index (χ4n) is 2.62. The first-order valence-electron chi connectivity index (χ1n) is 7.13. The van der Waals surface area contributed by atoms with Gasteiger partial charge in [0.1, 0.15) is 0 Å². The third kappa shape index (κ3) is 4.07. The Kier molecular flexibility index (Phi) is 5.14.